The summed E-state index contributed by atoms with van der Waals surface area (Å²) in [6.45, 7) is 0.515. The second-order valence-corrected chi connectivity index (χ2v) is 6.86. The number of fused-ring (bicyclic) bond motifs is 1. The van der Waals surface area contributed by atoms with Gasteiger partial charge in [-0.2, -0.15) is 0 Å². The van der Waals surface area contributed by atoms with Gasteiger partial charge in [0.05, 0.1) is 11.7 Å². The Kier molecular flexibility index (Phi) is 4.51. The Hall–Kier alpha value is -1.06. The molecule has 0 spiro atoms. The zero-order chi connectivity index (χ0) is 14.7. The molecule has 1 atom stereocenters. The number of hydrogen-bond acceptors (Lipinski definition) is 3. The van der Waals surface area contributed by atoms with Crippen LogP contribution >= 0.6 is 0 Å². The van der Waals surface area contributed by atoms with Gasteiger partial charge in [0, 0.05) is 18.7 Å². The van der Waals surface area contributed by atoms with Gasteiger partial charge in [0.15, 0.2) is 0 Å². The van der Waals surface area contributed by atoms with E-state index < -0.39 is 11.7 Å². The molecule has 2 aliphatic rings. The average molecular weight is 289 g/mol. The topological polar surface area (TPSA) is 52.5 Å². The lowest BCUT2D eigenvalue weighted by Crippen LogP contribution is -2.37. The van der Waals surface area contributed by atoms with E-state index in [0.717, 1.165) is 31.4 Å². The third-order valence-electron chi connectivity index (χ3n) is 5.04. The first-order chi connectivity index (χ1) is 10.1. The predicted molar refractivity (Wildman–Crippen MR) is 85.6 cm³/mol. The van der Waals surface area contributed by atoms with E-state index in [1.54, 1.807) is 0 Å². The van der Waals surface area contributed by atoms with E-state index in [1.165, 1.54) is 36.8 Å². The SMILES string of the molecule is OC(CNc1ccc2c(c1)CCC2)CC1(O)CCCCC1. The average Bonchev–Trinajstić information content (AvgIpc) is 2.93. The summed E-state index contributed by atoms with van der Waals surface area (Å²) in [5, 5.41) is 24.0. The van der Waals surface area contributed by atoms with E-state index in [2.05, 4.69) is 23.5 Å². The minimum absolute atomic E-state index is 0.485. The first-order valence-corrected chi connectivity index (χ1v) is 8.41. The van der Waals surface area contributed by atoms with Crippen molar-refractivity contribution >= 4 is 5.69 Å². The van der Waals surface area contributed by atoms with Crippen molar-refractivity contribution in [3.63, 3.8) is 0 Å². The largest absolute Gasteiger partial charge is 0.391 e. The number of aryl methyl sites for hydroxylation is 2. The van der Waals surface area contributed by atoms with Crippen molar-refractivity contribution in [3.05, 3.63) is 29.3 Å². The van der Waals surface area contributed by atoms with Crippen LogP contribution in [0.2, 0.25) is 0 Å². The Morgan fingerprint density at radius 1 is 1.05 bits per heavy atom. The van der Waals surface area contributed by atoms with Gasteiger partial charge in [-0.15, -0.1) is 0 Å². The fourth-order valence-electron chi connectivity index (χ4n) is 3.84. The third-order valence-corrected chi connectivity index (χ3v) is 5.04. The summed E-state index contributed by atoms with van der Waals surface area (Å²) in [4.78, 5) is 0. The highest BCUT2D eigenvalue weighted by Crippen LogP contribution is 2.32. The highest BCUT2D eigenvalue weighted by Gasteiger charge is 2.31. The molecule has 1 saturated carbocycles. The molecule has 0 amide bonds. The fraction of sp³-hybridized carbons (Fsp3) is 0.667. The van der Waals surface area contributed by atoms with Gasteiger partial charge in [-0.1, -0.05) is 25.3 Å². The smallest absolute Gasteiger partial charge is 0.0739 e. The van der Waals surface area contributed by atoms with Crippen LogP contribution in [0.3, 0.4) is 0 Å². The molecule has 1 aromatic rings. The van der Waals surface area contributed by atoms with Gasteiger partial charge in [0.1, 0.15) is 0 Å². The molecule has 3 N–H and O–H groups in total. The van der Waals surface area contributed by atoms with Crippen molar-refractivity contribution in [2.45, 2.75) is 69.5 Å². The lowest BCUT2D eigenvalue weighted by atomic mass is 9.81. The molecule has 21 heavy (non-hydrogen) atoms. The summed E-state index contributed by atoms with van der Waals surface area (Å²) in [6, 6.07) is 6.52. The maximum atomic E-state index is 10.5. The van der Waals surface area contributed by atoms with Crippen LogP contribution in [0.4, 0.5) is 5.69 Å². The normalized spacial score (nSPS) is 21.8. The Labute approximate surface area is 127 Å². The second-order valence-electron chi connectivity index (χ2n) is 6.86. The monoisotopic (exact) mass is 289 g/mol. The maximum absolute atomic E-state index is 10.5. The van der Waals surface area contributed by atoms with Crippen LogP contribution in [0, 0.1) is 0 Å². The van der Waals surface area contributed by atoms with Crippen LogP contribution in [0.15, 0.2) is 18.2 Å². The minimum Gasteiger partial charge on any atom is -0.391 e. The second kappa shape index (κ2) is 6.37. The summed E-state index contributed by atoms with van der Waals surface area (Å²) in [5.41, 5.74) is 3.36. The third kappa shape index (κ3) is 3.78. The Morgan fingerprint density at radius 2 is 1.81 bits per heavy atom. The van der Waals surface area contributed by atoms with Gasteiger partial charge >= 0.3 is 0 Å². The summed E-state index contributed by atoms with van der Waals surface area (Å²) < 4.78 is 0. The minimum atomic E-state index is -0.642. The van der Waals surface area contributed by atoms with Crippen molar-refractivity contribution in [2.24, 2.45) is 0 Å². The first-order valence-electron chi connectivity index (χ1n) is 8.41. The molecular formula is C18H27NO2. The highest BCUT2D eigenvalue weighted by molar-refractivity contribution is 5.50. The van der Waals surface area contributed by atoms with Gasteiger partial charge < -0.3 is 15.5 Å². The van der Waals surface area contributed by atoms with Crippen LogP contribution in [0.5, 0.6) is 0 Å². The zero-order valence-electron chi connectivity index (χ0n) is 12.8. The van der Waals surface area contributed by atoms with E-state index in [4.69, 9.17) is 0 Å². The van der Waals surface area contributed by atoms with Gasteiger partial charge in [-0.05, 0) is 55.4 Å². The number of hydrogen-bond donors (Lipinski definition) is 3. The molecule has 0 bridgehead atoms. The fourth-order valence-corrected chi connectivity index (χ4v) is 3.84. The van der Waals surface area contributed by atoms with E-state index in [0.29, 0.717) is 13.0 Å². The van der Waals surface area contributed by atoms with Crippen LogP contribution in [-0.2, 0) is 12.8 Å². The van der Waals surface area contributed by atoms with E-state index in [1.807, 2.05) is 0 Å². The van der Waals surface area contributed by atoms with Crippen LogP contribution in [0.1, 0.15) is 56.1 Å². The molecule has 1 unspecified atom stereocenters. The Bertz CT molecular complexity index is 480. The summed E-state index contributed by atoms with van der Waals surface area (Å²) >= 11 is 0. The molecule has 0 radical (unpaired) electrons. The molecule has 3 heteroatoms. The standard InChI is InChI=1S/C18H27NO2/c20-17(12-18(21)9-2-1-3-10-18)13-19-16-8-7-14-5-4-6-15(14)11-16/h7-8,11,17,19-21H,1-6,9-10,12-13H2. The molecule has 2 aliphatic carbocycles. The van der Waals surface area contributed by atoms with Crippen molar-refractivity contribution in [1.29, 1.82) is 0 Å². The molecular weight excluding hydrogens is 262 g/mol. The number of nitrogens with one attached hydrogen (secondary N) is 1. The van der Waals surface area contributed by atoms with Gasteiger partial charge in [0.2, 0.25) is 0 Å². The molecule has 116 valence electrons. The van der Waals surface area contributed by atoms with Crippen LogP contribution in [0.25, 0.3) is 0 Å². The van der Waals surface area contributed by atoms with E-state index >= 15 is 0 Å². The van der Waals surface area contributed by atoms with Crippen LogP contribution in [-0.4, -0.2) is 28.5 Å². The maximum Gasteiger partial charge on any atom is 0.0739 e. The van der Waals surface area contributed by atoms with Gasteiger partial charge in [-0.3, -0.25) is 0 Å². The van der Waals surface area contributed by atoms with Gasteiger partial charge in [0.25, 0.3) is 0 Å². The first kappa shape index (κ1) is 14.9. The van der Waals surface area contributed by atoms with Crippen LogP contribution < -0.4 is 5.32 Å². The highest BCUT2D eigenvalue weighted by atomic mass is 16.3. The van der Waals surface area contributed by atoms with E-state index in [9.17, 15) is 10.2 Å². The lowest BCUT2D eigenvalue weighted by Gasteiger charge is -2.33. The predicted octanol–water partition coefficient (Wildman–Crippen LogP) is 3.03. The molecule has 3 rings (SSSR count). The Morgan fingerprint density at radius 3 is 2.62 bits per heavy atom. The molecule has 0 aromatic heterocycles. The van der Waals surface area contributed by atoms with Crippen molar-refractivity contribution in [1.82, 2.24) is 0 Å². The molecule has 3 nitrogen and oxygen atoms in total. The van der Waals surface area contributed by atoms with Crippen molar-refractivity contribution in [3.8, 4) is 0 Å². The summed E-state index contributed by atoms with van der Waals surface area (Å²) in [6.07, 6.45) is 8.69. The number of aliphatic hydroxyl groups is 2. The number of rotatable bonds is 5. The zero-order valence-corrected chi connectivity index (χ0v) is 12.8. The number of aliphatic hydroxyl groups excluding tert-OH is 1. The lowest BCUT2D eigenvalue weighted by molar-refractivity contribution is -0.0346. The van der Waals surface area contributed by atoms with Gasteiger partial charge in [-0.25, -0.2) is 0 Å². The Balaban J connectivity index is 1.50. The van der Waals surface area contributed by atoms with Crippen molar-refractivity contribution < 1.29 is 10.2 Å². The number of anilines is 1. The molecule has 1 aromatic carbocycles. The summed E-state index contributed by atoms with van der Waals surface area (Å²) in [7, 11) is 0. The molecule has 0 saturated heterocycles. The quantitative estimate of drug-likeness (QED) is 0.781. The molecule has 0 heterocycles. The van der Waals surface area contributed by atoms with Crippen molar-refractivity contribution in [2.75, 3.05) is 11.9 Å². The molecule has 0 aliphatic heterocycles. The number of benzene rings is 1. The molecule has 1 fully saturated rings. The van der Waals surface area contributed by atoms with E-state index in [-0.39, 0.29) is 0 Å². The summed E-state index contributed by atoms with van der Waals surface area (Å²) in [5.74, 6) is 0.